The number of aryl methyl sites for hydroxylation is 1. The van der Waals surface area contributed by atoms with Crippen molar-refractivity contribution in [3.63, 3.8) is 0 Å². The molecule has 7 aromatic rings. The number of likely N-dealkylation sites (tertiary alicyclic amines) is 2. The number of thiazole rings is 1. The van der Waals surface area contributed by atoms with E-state index in [1.54, 1.807) is 35.7 Å². The highest BCUT2D eigenvalue weighted by molar-refractivity contribution is 7.13. The first-order chi connectivity index (χ1) is 39.3. The lowest BCUT2D eigenvalue weighted by atomic mass is 9.81. The number of ether oxygens (including phenoxy) is 1. The number of anilines is 2. The van der Waals surface area contributed by atoms with E-state index in [0.29, 0.717) is 59.9 Å². The van der Waals surface area contributed by atoms with Crippen LogP contribution in [-0.2, 0) is 22.6 Å². The number of amides is 2. The second-order valence-corrected chi connectivity index (χ2v) is 24.2. The quantitative estimate of drug-likeness (QED) is 0.0743. The van der Waals surface area contributed by atoms with Crippen molar-refractivity contribution in [2.45, 2.75) is 103 Å². The SMILES string of the molecule is Cc1ncsc1-c1ccc([C@H](C)NC(=O)[C@@H]2C[C@@H](O)CN2C(=O)C(c2cc(N3CCN(CC4CCN(CC5CC(Oc6cc(N7CCc8c(c9cc(-c%10ccccc%10O)nnc9[nH]c8=O)C7)ccn6)C5)CC4)CC3)no2)C(C)C)cc1. The number of nitrogens with one attached hydrogen (secondary N) is 2. The minimum Gasteiger partial charge on any atom is -0.507 e. The monoisotopic (exact) mass is 1120 g/mol. The van der Waals surface area contributed by atoms with Crippen LogP contribution in [0.15, 0.2) is 93.8 Å². The molecule has 20 heteroatoms. The lowest BCUT2D eigenvalue weighted by molar-refractivity contribution is -0.141. The molecule has 5 aromatic heterocycles. The number of H-pyrrole nitrogens is 1. The van der Waals surface area contributed by atoms with E-state index in [1.165, 1.54) is 17.7 Å². The van der Waals surface area contributed by atoms with Gasteiger partial charge in [0.25, 0.3) is 5.56 Å². The number of aliphatic hydroxyl groups is 1. The van der Waals surface area contributed by atoms with E-state index >= 15 is 0 Å². The molecule has 4 N–H and O–H groups in total. The molecule has 424 valence electrons. The number of aromatic amines is 1. The normalized spacial score (nSPS) is 21.7. The van der Waals surface area contributed by atoms with Crippen molar-refractivity contribution in [2.75, 3.05) is 75.2 Å². The van der Waals surface area contributed by atoms with Crippen molar-refractivity contribution in [3.05, 3.63) is 123 Å². The highest BCUT2D eigenvalue weighted by Crippen LogP contribution is 2.38. The van der Waals surface area contributed by atoms with Gasteiger partial charge in [-0.3, -0.25) is 19.3 Å². The highest BCUT2D eigenvalue weighted by atomic mass is 32.1. The van der Waals surface area contributed by atoms with Gasteiger partial charge >= 0.3 is 0 Å². The number of carbonyl (C=O) groups is 2. The summed E-state index contributed by atoms with van der Waals surface area (Å²) in [6.07, 6.45) is 6.28. The summed E-state index contributed by atoms with van der Waals surface area (Å²) in [7, 11) is 0. The van der Waals surface area contributed by atoms with Gasteiger partial charge in [-0.05, 0) is 118 Å². The number of aromatic hydroxyl groups is 1. The highest BCUT2D eigenvalue weighted by Gasteiger charge is 2.44. The van der Waals surface area contributed by atoms with Crippen LogP contribution in [0.3, 0.4) is 0 Å². The van der Waals surface area contributed by atoms with Crippen LogP contribution >= 0.6 is 11.3 Å². The van der Waals surface area contributed by atoms with Gasteiger partial charge in [-0.2, -0.15) is 0 Å². The maximum Gasteiger partial charge on any atom is 0.253 e. The summed E-state index contributed by atoms with van der Waals surface area (Å²) in [5.41, 5.74) is 8.92. The van der Waals surface area contributed by atoms with Crippen molar-refractivity contribution >= 4 is 45.7 Å². The number of piperazine rings is 1. The number of benzene rings is 2. The number of para-hydroxylation sites is 1. The minimum atomic E-state index is -0.806. The number of phenols is 1. The van der Waals surface area contributed by atoms with Crippen LogP contribution in [0.5, 0.6) is 11.6 Å². The summed E-state index contributed by atoms with van der Waals surface area (Å²) in [6.45, 7) is 17.0. The van der Waals surface area contributed by atoms with Crippen LogP contribution in [0, 0.1) is 24.7 Å². The number of β-amino-alcohol motifs (C(OH)–C–C–N with tert-alkyl or cyclic N) is 1. The Hall–Kier alpha value is -7.26. The molecular formula is C61H72N12O7S. The number of hydrogen-bond donors (Lipinski definition) is 4. The number of aliphatic hydroxyl groups excluding tert-OH is 1. The van der Waals surface area contributed by atoms with Gasteiger partial charge in [0.2, 0.25) is 17.7 Å². The molecule has 1 saturated carbocycles. The molecule has 5 aliphatic rings. The lowest BCUT2D eigenvalue weighted by Crippen LogP contribution is -2.49. The molecule has 9 heterocycles. The predicted octanol–water partition coefficient (Wildman–Crippen LogP) is 7.34. The molecule has 4 aliphatic heterocycles. The molecule has 4 atom stereocenters. The molecule has 81 heavy (non-hydrogen) atoms. The van der Waals surface area contributed by atoms with E-state index in [1.807, 2.05) is 87.8 Å². The van der Waals surface area contributed by atoms with Crippen LogP contribution in [0.2, 0.25) is 0 Å². The minimum absolute atomic E-state index is 0.0814. The van der Waals surface area contributed by atoms with Crippen LogP contribution in [0.4, 0.5) is 11.5 Å². The van der Waals surface area contributed by atoms with Crippen LogP contribution in [0.25, 0.3) is 32.7 Å². The van der Waals surface area contributed by atoms with Crippen molar-refractivity contribution in [3.8, 4) is 33.3 Å². The lowest BCUT2D eigenvalue weighted by Gasteiger charge is -2.42. The third-order valence-electron chi connectivity index (χ3n) is 17.5. The zero-order valence-corrected chi connectivity index (χ0v) is 47.4. The summed E-state index contributed by atoms with van der Waals surface area (Å²) in [5.74, 6) is 1.89. The Kier molecular flexibility index (Phi) is 15.6. The number of nitrogens with zero attached hydrogens (tertiary/aromatic N) is 10. The van der Waals surface area contributed by atoms with E-state index in [4.69, 9.17) is 9.26 Å². The van der Waals surface area contributed by atoms with Gasteiger partial charge in [-0.25, -0.2) is 9.97 Å². The Morgan fingerprint density at radius 2 is 1.63 bits per heavy atom. The average Bonchev–Trinajstić information content (AvgIpc) is 4.27. The van der Waals surface area contributed by atoms with Gasteiger partial charge in [0.05, 0.1) is 33.9 Å². The molecule has 2 amide bonds. The summed E-state index contributed by atoms with van der Waals surface area (Å²) in [6, 6.07) is 21.9. The number of phenolic OH excluding ortho intramolecular Hbond substituents is 1. The molecule has 2 aromatic carbocycles. The van der Waals surface area contributed by atoms with Crippen molar-refractivity contribution in [2.24, 2.45) is 17.8 Å². The fourth-order valence-electron chi connectivity index (χ4n) is 12.9. The smallest absolute Gasteiger partial charge is 0.253 e. The number of aromatic nitrogens is 6. The predicted molar refractivity (Wildman–Crippen MR) is 310 cm³/mol. The zero-order valence-electron chi connectivity index (χ0n) is 46.5. The molecule has 0 bridgehead atoms. The Morgan fingerprint density at radius 3 is 2.38 bits per heavy atom. The molecule has 3 saturated heterocycles. The molecule has 0 radical (unpaired) electrons. The molecule has 1 aliphatic carbocycles. The van der Waals surface area contributed by atoms with E-state index in [9.17, 15) is 24.6 Å². The Balaban J connectivity index is 0.575. The number of pyridine rings is 2. The third kappa shape index (κ3) is 11.7. The summed E-state index contributed by atoms with van der Waals surface area (Å²) in [5, 5.41) is 38.4. The van der Waals surface area contributed by atoms with Gasteiger partial charge in [0.15, 0.2) is 17.2 Å². The van der Waals surface area contributed by atoms with Crippen molar-refractivity contribution in [1.29, 1.82) is 0 Å². The van der Waals surface area contributed by atoms with Crippen LogP contribution < -0.4 is 25.4 Å². The first-order valence-corrected chi connectivity index (χ1v) is 29.7. The maximum absolute atomic E-state index is 14.4. The van der Waals surface area contributed by atoms with Crippen LogP contribution in [-0.4, -0.2) is 151 Å². The standard InChI is InChI=1S/C61H72N12O7S/c1-36(2)56(61(78)73-33-44(74)28-51(73)60(77)64-37(3)41-9-11-42(12-10-41)57-38(4)63-35-81-57)53-30-54(68-80-53)71-23-21-70(22-24-71)31-39-14-18-69(19-15-39)32-40-25-45(26-40)79-55-27-43(13-17-62-55)72-20-16-46-49(34-72)48-29-50(47-7-5-6-8-52(47)75)66-67-58(48)65-59(46)76/h5-13,17,27,29-30,35-37,39-40,44-45,51,56,74-75H,14-16,18-26,28,31-34H2,1-4H3,(H,64,77)(H,65,67,76)/t37-,40?,44+,45?,51-,56?/m0/s1. The Labute approximate surface area is 475 Å². The summed E-state index contributed by atoms with van der Waals surface area (Å²) in [4.78, 5) is 65.6. The van der Waals surface area contributed by atoms with Gasteiger partial charge in [0, 0.05) is 106 Å². The fraction of sp³-hybridized carbons (Fsp3) is 0.475. The number of carbonyl (C=O) groups excluding carboxylic acids is 2. The molecule has 12 rings (SSSR count). The first-order valence-electron chi connectivity index (χ1n) is 28.8. The fourth-order valence-corrected chi connectivity index (χ4v) is 13.7. The van der Waals surface area contributed by atoms with E-state index in [-0.39, 0.29) is 54.2 Å². The molecular weight excluding hydrogens is 1040 g/mol. The topological polar surface area (TPSA) is 223 Å². The molecule has 19 nitrogen and oxygen atoms in total. The van der Waals surface area contributed by atoms with Crippen LogP contribution in [0.1, 0.15) is 93.0 Å². The number of hydrogen-bond acceptors (Lipinski definition) is 17. The Morgan fingerprint density at radius 1 is 0.864 bits per heavy atom. The average molecular weight is 1120 g/mol. The summed E-state index contributed by atoms with van der Waals surface area (Å²) < 4.78 is 12.4. The van der Waals surface area contributed by atoms with Crippen molar-refractivity contribution in [1.82, 2.24) is 50.3 Å². The van der Waals surface area contributed by atoms with E-state index in [0.717, 1.165) is 115 Å². The first kappa shape index (κ1) is 54.3. The molecule has 4 fully saturated rings. The van der Waals surface area contributed by atoms with Gasteiger partial charge < -0.3 is 49.4 Å². The van der Waals surface area contributed by atoms with E-state index < -0.39 is 18.1 Å². The molecule has 0 spiro atoms. The van der Waals surface area contributed by atoms with E-state index in [2.05, 4.69) is 55.2 Å². The number of rotatable bonds is 16. The van der Waals surface area contributed by atoms with Gasteiger partial charge in [-0.15, -0.1) is 21.5 Å². The van der Waals surface area contributed by atoms with Gasteiger partial charge in [0.1, 0.15) is 23.8 Å². The Bertz CT molecular complexity index is 3440. The second kappa shape index (κ2) is 23.3. The molecule has 1 unspecified atom stereocenters. The van der Waals surface area contributed by atoms with Crippen molar-refractivity contribution < 1.29 is 29.1 Å². The summed E-state index contributed by atoms with van der Waals surface area (Å²) >= 11 is 1.60. The maximum atomic E-state index is 14.4. The second-order valence-electron chi connectivity index (χ2n) is 23.4. The zero-order chi connectivity index (χ0) is 55.9. The van der Waals surface area contributed by atoms with Gasteiger partial charge in [-0.1, -0.05) is 55.4 Å². The largest absolute Gasteiger partial charge is 0.507 e. The number of fused-ring (bicyclic) bond motifs is 3. The number of piperidine rings is 1. The third-order valence-corrected chi connectivity index (χ3v) is 18.5.